The van der Waals surface area contributed by atoms with Gasteiger partial charge in [0.15, 0.2) is 5.96 Å². The summed E-state index contributed by atoms with van der Waals surface area (Å²) in [5, 5.41) is 3.24. The smallest absolute Gasteiger partial charge is 0.189 e. The van der Waals surface area contributed by atoms with Gasteiger partial charge in [-0.05, 0) is 37.8 Å². The molecule has 0 aromatic carbocycles. The average Bonchev–Trinajstić information content (AvgIpc) is 2.37. The zero-order chi connectivity index (χ0) is 15.0. The van der Waals surface area contributed by atoms with Crippen LogP contribution >= 0.6 is 0 Å². The van der Waals surface area contributed by atoms with Gasteiger partial charge in [0.2, 0.25) is 0 Å². The van der Waals surface area contributed by atoms with Crippen molar-refractivity contribution in [3.63, 3.8) is 0 Å². The van der Waals surface area contributed by atoms with Crippen molar-refractivity contribution in [1.82, 2.24) is 10.3 Å². The number of aliphatic imine (C=N–C) groups is 1. The Labute approximate surface area is 122 Å². The summed E-state index contributed by atoms with van der Waals surface area (Å²) in [4.78, 5) is 8.67. The van der Waals surface area contributed by atoms with E-state index in [1.807, 2.05) is 19.1 Å². The number of aryl methyl sites for hydroxylation is 1. The van der Waals surface area contributed by atoms with E-state index in [0.717, 1.165) is 23.6 Å². The molecule has 1 rings (SSSR count). The molecular weight excluding hydrogens is 248 g/mol. The van der Waals surface area contributed by atoms with Gasteiger partial charge in [-0.1, -0.05) is 32.8 Å². The molecule has 1 atom stereocenters. The topological polar surface area (TPSA) is 63.3 Å². The summed E-state index contributed by atoms with van der Waals surface area (Å²) in [6.07, 6.45) is 5.39. The first kappa shape index (κ1) is 16.5. The molecule has 0 fully saturated rings. The quantitative estimate of drug-likeness (QED) is 0.594. The summed E-state index contributed by atoms with van der Waals surface area (Å²) < 4.78 is 0. The lowest BCUT2D eigenvalue weighted by molar-refractivity contribution is 0.493. The fourth-order valence-corrected chi connectivity index (χ4v) is 2.05. The van der Waals surface area contributed by atoms with Crippen LogP contribution < -0.4 is 11.1 Å². The van der Waals surface area contributed by atoms with E-state index in [2.05, 4.69) is 36.1 Å². The predicted molar refractivity (Wildman–Crippen MR) is 85.6 cm³/mol. The number of guanidine groups is 1. The lowest BCUT2D eigenvalue weighted by atomic mass is 10.0. The first-order valence-corrected chi connectivity index (χ1v) is 7.46. The van der Waals surface area contributed by atoms with Crippen LogP contribution in [-0.4, -0.2) is 17.0 Å². The predicted octanol–water partition coefficient (Wildman–Crippen LogP) is 3.01. The molecule has 1 aromatic heterocycles. The van der Waals surface area contributed by atoms with Crippen molar-refractivity contribution in [2.24, 2.45) is 16.6 Å². The van der Waals surface area contributed by atoms with E-state index in [0.29, 0.717) is 18.5 Å². The van der Waals surface area contributed by atoms with E-state index in [1.54, 1.807) is 6.20 Å². The van der Waals surface area contributed by atoms with Gasteiger partial charge in [-0.3, -0.25) is 4.98 Å². The summed E-state index contributed by atoms with van der Waals surface area (Å²) in [6, 6.07) is 4.33. The molecule has 0 bridgehead atoms. The molecule has 4 heteroatoms. The van der Waals surface area contributed by atoms with Crippen molar-refractivity contribution in [1.29, 1.82) is 0 Å². The molecule has 112 valence electrons. The van der Waals surface area contributed by atoms with Crippen molar-refractivity contribution < 1.29 is 0 Å². The highest BCUT2D eigenvalue weighted by Gasteiger charge is 2.04. The Morgan fingerprint density at radius 2 is 2.10 bits per heavy atom. The van der Waals surface area contributed by atoms with Gasteiger partial charge < -0.3 is 11.1 Å². The normalized spacial score (nSPS) is 13.6. The molecule has 0 radical (unpaired) electrons. The molecule has 20 heavy (non-hydrogen) atoms. The Hall–Kier alpha value is -1.58. The van der Waals surface area contributed by atoms with Crippen LogP contribution in [0.3, 0.4) is 0 Å². The Kier molecular flexibility index (Phi) is 7.05. The van der Waals surface area contributed by atoms with Gasteiger partial charge in [0.05, 0.1) is 12.2 Å². The molecule has 0 amide bonds. The number of nitrogens with one attached hydrogen (secondary N) is 1. The molecule has 1 unspecified atom stereocenters. The molecule has 0 aliphatic rings. The molecule has 0 aliphatic heterocycles. The van der Waals surface area contributed by atoms with Gasteiger partial charge in [-0.2, -0.15) is 0 Å². The monoisotopic (exact) mass is 276 g/mol. The summed E-state index contributed by atoms with van der Waals surface area (Å²) in [5.74, 6) is 1.27. The summed E-state index contributed by atoms with van der Waals surface area (Å²) in [7, 11) is 0. The lowest BCUT2D eigenvalue weighted by Gasteiger charge is -2.15. The average molecular weight is 276 g/mol. The molecular formula is C16H28N4. The van der Waals surface area contributed by atoms with E-state index in [1.165, 1.54) is 12.8 Å². The van der Waals surface area contributed by atoms with Crippen LogP contribution in [0.5, 0.6) is 0 Å². The largest absolute Gasteiger partial charge is 0.370 e. The third-order valence-corrected chi connectivity index (χ3v) is 3.33. The van der Waals surface area contributed by atoms with Gasteiger partial charge in [0, 0.05) is 12.2 Å². The molecule has 0 saturated heterocycles. The number of nitrogens with zero attached hydrogens (tertiary/aromatic N) is 2. The van der Waals surface area contributed by atoms with Crippen LogP contribution in [0.1, 0.15) is 51.3 Å². The van der Waals surface area contributed by atoms with E-state index < -0.39 is 0 Å². The molecule has 1 heterocycles. The second-order valence-electron chi connectivity index (χ2n) is 5.84. The van der Waals surface area contributed by atoms with Crippen molar-refractivity contribution in [2.75, 3.05) is 0 Å². The first-order chi connectivity index (χ1) is 9.49. The highest BCUT2D eigenvalue weighted by molar-refractivity contribution is 5.78. The van der Waals surface area contributed by atoms with Gasteiger partial charge in [-0.25, -0.2) is 4.99 Å². The maximum Gasteiger partial charge on any atom is 0.189 e. The number of hydrogen-bond donors (Lipinski definition) is 2. The van der Waals surface area contributed by atoms with E-state index >= 15 is 0 Å². The highest BCUT2D eigenvalue weighted by atomic mass is 15.1. The van der Waals surface area contributed by atoms with Crippen LogP contribution in [-0.2, 0) is 6.54 Å². The molecule has 4 nitrogen and oxygen atoms in total. The van der Waals surface area contributed by atoms with E-state index in [9.17, 15) is 0 Å². The first-order valence-electron chi connectivity index (χ1n) is 7.46. The molecule has 0 spiro atoms. The maximum atomic E-state index is 5.92. The third-order valence-electron chi connectivity index (χ3n) is 3.33. The van der Waals surface area contributed by atoms with Crippen LogP contribution in [0, 0.1) is 12.8 Å². The molecule has 0 aliphatic carbocycles. The second-order valence-corrected chi connectivity index (χ2v) is 5.84. The summed E-state index contributed by atoms with van der Waals surface area (Å²) in [6.45, 7) is 9.22. The Morgan fingerprint density at radius 3 is 2.75 bits per heavy atom. The van der Waals surface area contributed by atoms with E-state index in [-0.39, 0.29) is 0 Å². The second kappa shape index (κ2) is 8.56. The molecule has 3 N–H and O–H groups in total. The Balaban J connectivity index is 2.36. The van der Waals surface area contributed by atoms with Gasteiger partial charge in [-0.15, -0.1) is 0 Å². The van der Waals surface area contributed by atoms with Gasteiger partial charge in [0.25, 0.3) is 0 Å². The SMILES string of the molecule is Cc1cccnc1CN=C(N)NC(C)CCCC(C)C. The molecule has 0 saturated carbocycles. The zero-order valence-electron chi connectivity index (χ0n) is 13.2. The number of hydrogen-bond acceptors (Lipinski definition) is 2. The number of nitrogens with two attached hydrogens (primary N) is 1. The standard InChI is InChI=1S/C16H28N4/c1-12(2)7-5-9-14(4)20-16(17)19-11-15-13(3)8-6-10-18-15/h6,8,10,12,14H,5,7,9,11H2,1-4H3,(H3,17,19,20). The van der Waals surface area contributed by atoms with Crippen LogP contribution in [0.25, 0.3) is 0 Å². The van der Waals surface area contributed by atoms with Crippen LogP contribution in [0.15, 0.2) is 23.3 Å². The molecule has 1 aromatic rings. The minimum atomic E-state index is 0.363. The summed E-state index contributed by atoms with van der Waals surface area (Å²) >= 11 is 0. The van der Waals surface area contributed by atoms with Crippen LogP contribution in [0.2, 0.25) is 0 Å². The van der Waals surface area contributed by atoms with Crippen molar-refractivity contribution in [2.45, 2.75) is 59.5 Å². The van der Waals surface area contributed by atoms with Crippen molar-refractivity contribution in [3.05, 3.63) is 29.6 Å². The maximum absolute atomic E-state index is 5.92. The Bertz CT molecular complexity index is 426. The lowest BCUT2D eigenvalue weighted by Crippen LogP contribution is -2.38. The summed E-state index contributed by atoms with van der Waals surface area (Å²) in [5.41, 5.74) is 8.04. The number of pyridine rings is 1. The number of aromatic nitrogens is 1. The highest BCUT2D eigenvalue weighted by Crippen LogP contribution is 2.08. The third kappa shape index (κ3) is 6.55. The fourth-order valence-electron chi connectivity index (χ4n) is 2.05. The van der Waals surface area contributed by atoms with E-state index in [4.69, 9.17) is 5.73 Å². The van der Waals surface area contributed by atoms with Crippen molar-refractivity contribution in [3.8, 4) is 0 Å². The fraction of sp³-hybridized carbons (Fsp3) is 0.625. The van der Waals surface area contributed by atoms with Crippen molar-refractivity contribution >= 4 is 5.96 Å². The number of rotatable bonds is 7. The zero-order valence-corrected chi connectivity index (χ0v) is 13.2. The van der Waals surface area contributed by atoms with Crippen LogP contribution in [0.4, 0.5) is 0 Å². The Morgan fingerprint density at radius 1 is 1.35 bits per heavy atom. The van der Waals surface area contributed by atoms with Gasteiger partial charge >= 0.3 is 0 Å². The minimum absolute atomic E-state index is 0.363. The van der Waals surface area contributed by atoms with Gasteiger partial charge in [0.1, 0.15) is 0 Å². The minimum Gasteiger partial charge on any atom is -0.370 e.